The van der Waals surface area contributed by atoms with Crippen LogP contribution in [0, 0.1) is 0 Å². The monoisotopic (exact) mass is 600 g/mol. The van der Waals surface area contributed by atoms with Crippen LogP contribution in [0.2, 0.25) is 10.0 Å². The summed E-state index contributed by atoms with van der Waals surface area (Å²) in [5.74, 6) is 1.40. The van der Waals surface area contributed by atoms with E-state index in [0.717, 1.165) is 46.8 Å². The van der Waals surface area contributed by atoms with Crippen molar-refractivity contribution in [3.63, 3.8) is 0 Å². The summed E-state index contributed by atoms with van der Waals surface area (Å²) in [4.78, 5) is 28.0. The van der Waals surface area contributed by atoms with Gasteiger partial charge in [-0.15, -0.1) is 0 Å². The van der Waals surface area contributed by atoms with Crippen LogP contribution < -0.4 is 14.5 Å². The number of halogens is 2. The molecule has 4 aromatic rings. The lowest BCUT2D eigenvalue weighted by atomic mass is 10.0. The molecule has 3 aromatic carbocycles. The third-order valence-corrected chi connectivity index (χ3v) is 8.32. The van der Waals surface area contributed by atoms with E-state index in [4.69, 9.17) is 37.9 Å². The number of hydrogen-bond acceptors (Lipinski definition) is 6. The molecule has 1 aromatic heterocycles. The Labute approximate surface area is 255 Å². The normalized spacial score (nSPS) is 18.5. The number of pyridine rings is 1. The molecule has 0 saturated carbocycles. The molecule has 6 rings (SSSR count). The number of carbonyl (C=O) groups excluding carboxylic acids is 1. The molecule has 42 heavy (non-hydrogen) atoms. The Kier molecular flexibility index (Phi) is 8.16. The molecule has 0 spiro atoms. The highest BCUT2D eigenvalue weighted by atomic mass is 35.5. The first kappa shape index (κ1) is 28.2. The first-order valence-corrected chi connectivity index (χ1v) is 14.6. The number of aliphatic hydroxyl groups excluding tert-OH is 1. The molecule has 1 unspecified atom stereocenters. The summed E-state index contributed by atoms with van der Waals surface area (Å²) < 4.78 is 5.33. The van der Waals surface area contributed by atoms with Crippen LogP contribution in [0.25, 0.3) is 0 Å². The van der Waals surface area contributed by atoms with Crippen molar-refractivity contribution >= 4 is 46.3 Å². The fourth-order valence-corrected chi connectivity index (χ4v) is 5.87. The van der Waals surface area contributed by atoms with E-state index in [1.807, 2.05) is 72.8 Å². The quantitative estimate of drug-likeness (QED) is 0.283. The van der Waals surface area contributed by atoms with E-state index in [2.05, 4.69) is 4.90 Å². The molecule has 1 N–H and O–H groups in total. The number of nitrogens with zero attached hydrogens (tertiary/aromatic N) is 4. The van der Waals surface area contributed by atoms with Crippen molar-refractivity contribution in [3.8, 4) is 5.75 Å². The van der Waals surface area contributed by atoms with E-state index in [-0.39, 0.29) is 12.0 Å². The second-order valence-electron chi connectivity index (χ2n) is 10.5. The largest absolute Gasteiger partial charge is 0.497 e. The fourth-order valence-electron chi connectivity index (χ4n) is 5.49. The Morgan fingerprint density at radius 2 is 1.83 bits per heavy atom. The lowest BCUT2D eigenvalue weighted by molar-refractivity contribution is -0.119. The Hall–Kier alpha value is -3.91. The molecule has 2 atom stereocenters. The van der Waals surface area contributed by atoms with Gasteiger partial charge in [-0.2, -0.15) is 0 Å². The highest BCUT2D eigenvalue weighted by Gasteiger charge is 2.33. The maximum absolute atomic E-state index is 14.3. The van der Waals surface area contributed by atoms with Gasteiger partial charge in [-0.05, 0) is 66.1 Å². The summed E-state index contributed by atoms with van der Waals surface area (Å²) in [7, 11) is 1.63. The second-order valence-corrected chi connectivity index (χ2v) is 11.4. The molecule has 0 aliphatic carbocycles. The van der Waals surface area contributed by atoms with Crippen molar-refractivity contribution in [1.29, 1.82) is 0 Å². The first-order chi connectivity index (χ1) is 20.4. The zero-order valence-electron chi connectivity index (χ0n) is 23.1. The summed E-state index contributed by atoms with van der Waals surface area (Å²) in [6.45, 7) is 1.65. The summed E-state index contributed by atoms with van der Waals surface area (Å²) in [5.41, 5.74) is 4.66. The fraction of sp³-hybridized carbons (Fsp3) is 0.242. The summed E-state index contributed by atoms with van der Waals surface area (Å²) in [5, 5.41) is 11.1. The van der Waals surface area contributed by atoms with Crippen LogP contribution in [0.3, 0.4) is 0 Å². The minimum atomic E-state index is -0.738. The summed E-state index contributed by atoms with van der Waals surface area (Å²) in [6, 6.07) is 23.9. The van der Waals surface area contributed by atoms with Gasteiger partial charge in [0.2, 0.25) is 0 Å². The first-order valence-electron chi connectivity index (χ1n) is 13.8. The topological polar surface area (TPSA) is 78.3 Å². The number of fused-ring (bicyclic) bond motifs is 1. The standard InChI is InChI=1S/C33H30Cl2N4O3/c1-42-26-10-6-21(7-11-26)19-39-30-12-9-24(34)17-27(30)32(23-8-13-31(36-18-23)38-15-14-25(40)20-38)37-29(33(39)41)16-22-4-2-3-5-28(22)35/h2-13,17-18,25,29,40H,14-16,19-20H2,1H3/t25-,29?/m1/s1. The number of aliphatic imine (C=N–C) groups is 1. The van der Waals surface area contributed by atoms with E-state index in [9.17, 15) is 9.90 Å². The van der Waals surface area contributed by atoms with Gasteiger partial charge in [0.15, 0.2) is 0 Å². The molecular weight excluding hydrogens is 571 g/mol. The molecule has 9 heteroatoms. The SMILES string of the molecule is COc1ccc(CN2C(=O)C(Cc3ccccc3Cl)N=C(c3ccc(N4CC[C@@H](O)C4)nc3)c3cc(Cl)ccc32)cc1. The Morgan fingerprint density at radius 1 is 1.02 bits per heavy atom. The van der Waals surface area contributed by atoms with Gasteiger partial charge in [0.1, 0.15) is 17.6 Å². The number of amides is 1. The highest BCUT2D eigenvalue weighted by Crippen LogP contribution is 2.34. The van der Waals surface area contributed by atoms with E-state index in [0.29, 0.717) is 41.0 Å². The lowest BCUT2D eigenvalue weighted by Crippen LogP contribution is -2.38. The minimum absolute atomic E-state index is 0.139. The average Bonchev–Trinajstić information content (AvgIpc) is 3.41. The van der Waals surface area contributed by atoms with Gasteiger partial charge >= 0.3 is 0 Å². The van der Waals surface area contributed by atoms with E-state index in [1.165, 1.54) is 0 Å². The van der Waals surface area contributed by atoms with Crippen LogP contribution in [-0.4, -0.2) is 54.1 Å². The van der Waals surface area contributed by atoms with Crippen molar-refractivity contribution < 1.29 is 14.6 Å². The average molecular weight is 602 g/mol. The molecule has 2 aliphatic rings. The number of hydrogen-bond donors (Lipinski definition) is 1. The van der Waals surface area contributed by atoms with E-state index in [1.54, 1.807) is 24.3 Å². The molecule has 1 saturated heterocycles. The number of benzodiazepines with no additional fused rings is 1. The number of benzene rings is 3. The number of rotatable bonds is 7. The van der Waals surface area contributed by atoms with Crippen molar-refractivity contribution in [3.05, 3.63) is 117 Å². The van der Waals surface area contributed by atoms with Crippen LogP contribution in [0.4, 0.5) is 11.5 Å². The van der Waals surface area contributed by atoms with Crippen LogP contribution in [0.15, 0.2) is 90.1 Å². The van der Waals surface area contributed by atoms with Gasteiger partial charge in [0.25, 0.3) is 5.91 Å². The van der Waals surface area contributed by atoms with Gasteiger partial charge in [0.05, 0.1) is 31.2 Å². The number of aromatic nitrogens is 1. The molecular formula is C33H30Cl2N4O3. The van der Waals surface area contributed by atoms with E-state index < -0.39 is 6.04 Å². The third kappa shape index (κ3) is 5.86. The molecule has 7 nitrogen and oxygen atoms in total. The second kappa shape index (κ2) is 12.1. The van der Waals surface area contributed by atoms with Gasteiger partial charge < -0.3 is 19.6 Å². The lowest BCUT2D eigenvalue weighted by Gasteiger charge is -2.26. The molecule has 0 bridgehead atoms. The van der Waals surface area contributed by atoms with Crippen molar-refractivity contribution in [2.24, 2.45) is 4.99 Å². The highest BCUT2D eigenvalue weighted by molar-refractivity contribution is 6.32. The number of β-amino-alcohol motifs (C(OH)–C–C–N with tert-alkyl or cyclic N) is 1. The number of methoxy groups -OCH3 is 1. The van der Waals surface area contributed by atoms with Gasteiger partial charge in [-0.1, -0.05) is 53.5 Å². The maximum atomic E-state index is 14.3. The molecule has 3 heterocycles. The van der Waals surface area contributed by atoms with Crippen molar-refractivity contribution in [2.45, 2.75) is 31.5 Å². The molecule has 214 valence electrons. The molecule has 1 fully saturated rings. The van der Waals surface area contributed by atoms with Crippen LogP contribution in [0.5, 0.6) is 5.75 Å². The number of carbonyl (C=O) groups is 1. The van der Waals surface area contributed by atoms with Gasteiger partial charge in [-0.25, -0.2) is 4.98 Å². The number of anilines is 2. The maximum Gasteiger partial charge on any atom is 0.252 e. The van der Waals surface area contributed by atoms with Crippen LogP contribution in [-0.2, 0) is 17.8 Å². The number of ether oxygens (including phenoxy) is 1. The zero-order valence-corrected chi connectivity index (χ0v) is 24.6. The molecule has 2 aliphatic heterocycles. The van der Waals surface area contributed by atoms with Gasteiger partial charge in [0, 0.05) is 46.9 Å². The third-order valence-electron chi connectivity index (χ3n) is 7.72. The number of aliphatic hydroxyl groups is 1. The molecule has 1 amide bonds. The smallest absolute Gasteiger partial charge is 0.252 e. The van der Waals surface area contributed by atoms with Crippen LogP contribution in [0.1, 0.15) is 28.7 Å². The predicted octanol–water partition coefficient (Wildman–Crippen LogP) is 5.96. The Balaban J connectivity index is 1.45. The van der Waals surface area contributed by atoms with Crippen molar-refractivity contribution in [2.75, 3.05) is 30.0 Å². The summed E-state index contributed by atoms with van der Waals surface area (Å²) >= 11 is 13.1. The van der Waals surface area contributed by atoms with Gasteiger partial charge in [-0.3, -0.25) is 9.79 Å². The Bertz CT molecular complexity index is 1630. The molecule has 0 radical (unpaired) electrons. The van der Waals surface area contributed by atoms with Crippen LogP contribution >= 0.6 is 23.2 Å². The zero-order chi connectivity index (χ0) is 29.2. The summed E-state index contributed by atoms with van der Waals surface area (Å²) in [6.07, 6.45) is 2.48. The predicted molar refractivity (Wildman–Crippen MR) is 167 cm³/mol. The Morgan fingerprint density at radius 3 is 2.52 bits per heavy atom. The minimum Gasteiger partial charge on any atom is -0.497 e. The van der Waals surface area contributed by atoms with Crippen molar-refractivity contribution in [1.82, 2.24) is 4.98 Å². The van der Waals surface area contributed by atoms with E-state index >= 15 is 0 Å².